The van der Waals surface area contributed by atoms with E-state index in [0.29, 0.717) is 10.9 Å². The molecule has 0 saturated carbocycles. The van der Waals surface area contributed by atoms with Gasteiger partial charge in [0, 0.05) is 0 Å². The Morgan fingerprint density at radius 2 is 2.47 bits per heavy atom. The zero-order valence-corrected chi connectivity index (χ0v) is 10.3. The van der Waals surface area contributed by atoms with E-state index in [1.54, 1.807) is 0 Å². The van der Waals surface area contributed by atoms with Crippen molar-refractivity contribution in [2.45, 2.75) is 31.8 Å². The second-order valence-corrected chi connectivity index (χ2v) is 5.41. The molecule has 1 aromatic rings. The van der Waals surface area contributed by atoms with Crippen LogP contribution in [0.15, 0.2) is 23.6 Å². The first-order valence-corrected chi connectivity index (χ1v) is 6.56. The molecule has 1 aromatic heterocycles. The number of rotatable bonds is 2. The minimum Gasteiger partial charge on any atom is -0.380 e. The van der Waals surface area contributed by atoms with Crippen LogP contribution in [0.5, 0.6) is 0 Å². The first-order valence-electron chi connectivity index (χ1n) is 5.31. The maximum atomic E-state index is 10.5. The Bertz CT molecular complexity index is 371. The van der Waals surface area contributed by atoms with Gasteiger partial charge in [-0.05, 0) is 36.6 Å². The average Bonchev–Trinajstić information content (AvgIpc) is 2.66. The summed E-state index contributed by atoms with van der Waals surface area (Å²) in [6.07, 6.45) is 7.01. The third-order valence-electron chi connectivity index (χ3n) is 3.08. The lowest BCUT2D eigenvalue weighted by molar-refractivity contribution is 0.0698. The molecule has 2 rings (SSSR count). The summed E-state index contributed by atoms with van der Waals surface area (Å²) in [5.41, 5.74) is -0.822. The quantitative estimate of drug-likeness (QED) is 0.779. The van der Waals surface area contributed by atoms with E-state index in [1.807, 2.05) is 17.5 Å². The Hall–Kier alpha value is -0.310. The minimum atomic E-state index is -0.822. The van der Waals surface area contributed by atoms with Crippen LogP contribution in [0.2, 0.25) is 5.02 Å². The minimum absolute atomic E-state index is 0.615. The molecule has 15 heavy (non-hydrogen) atoms. The van der Waals surface area contributed by atoms with Crippen molar-refractivity contribution in [3.63, 3.8) is 0 Å². The van der Waals surface area contributed by atoms with E-state index in [0.717, 1.165) is 24.1 Å². The van der Waals surface area contributed by atoms with Crippen molar-refractivity contribution >= 4 is 22.9 Å². The number of hydrogen-bond acceptors (Lipinski definition) is 2. The number of hydrogen-bond donors (Lipinski definition) is 1. The molecule has 1 heterocycles. The van der Waals surface area contributed by atoms with Crippen LogP contribution < -0.4 is 0 Å². The molecule has 0 aliphatic heterocycles. The molecule has 82 valence electrons. The highest BCUT2D eigenvalue weighted by Gasteiger charge is 2.32. The smallest absolute Gasteiger partial charge is 0.118 e. The molecule has 2 unspecified atom stereocenters. The van der Waals surface area contributed by atoms with E-state index in [-0.39, 0.29) is 0 Å². The van der Waals surface area contributed by atoms with Crippen LogP contribution in [-0.4, -0.2) is 5.11 Å². The zero-order valence-electron chi connectivity index (χ0n) is 8.74. The summed E-state index contributed by atoms with van der Waals surface area (Å²) in [6.45, 7) is 2.18. The summed E-state index contributed by atoms with van der Waals surface area (Å²) in [7, 11) is 0. The number of halogens is 1. The molecule has 1 nitrogen and oxygen atoms in total. The highest BCUT2D eigenvalue weighted by Crippen LogP contribution is 2.41. The summed E-state index contributed by atoms with van der Waals surface area (Å²) >= 11 is 7.58. The van der Waals surface area contributed by atoms with Gasteiger partial charge in [0.1, 0.15) is 5.60 Å². The predicted octanol–water partition coefficient (Wildman–Crippen LogP) is 3.97. The van der Waals surface area contributed by atoms with E-state index >= 15 is 0 Å². The van der Waals surface area contributed by atoms with E-state index < -0.39 is 5.60 Å². The largest absolute Gasteiger partial charge is 0.380 e. The van der Waals surface area contributed by atoms with Crippen LogP contribution >= 0.6 is 22.9 Å². The Balaban J connectivity index is 2.26. The fourth-order valence-electron chi connectivity index (χ4n) is 2.01. The molecule has 0 aromatic carbocycles. The van der Waals surface area contributed by atoms with Gasteiger partial charge in [-0.15, -0.1) is 11.3 Å². The molecule has 1 aliphatic carbocycles. The van der Waals surface area contributed by atoms with Crippen molar-refractivity contribution < 1.29 is 5.11 Å². The van der Waals surface area contributed by atoms with Gasteiger partial charge in [-0.2, -0.15) is 0 Å². The molecule has 0 radical (unpaired) electrons. The predicted molar refractivity (Wildman–Crippen MR) is 65.4 cm³/mol. The van der Waals surface area contributed by atoms with E-state index in [1.165, 1.54) is 11.3 Å². The maximum absolute atomic E-state index is 10.5. The van der Waals surface area contributed by atoms with Gasteiger partial charge >= 0.3 is 0 Å². The molecule has 3 heteroatoms. The zero-order chi connectivity index (χ0) is 10.9. The summed E-state index contributed by atoms with van der Waals surface area (Å²) in [5.74, 6) is 0.615. The van der Waals surface area contributed by atoms with Crippen molar-refractivity contribution in [3.05, 3.63) is 33.5 Å². The fraction of sp³-hybridized carbons (Fsp3) is 0.500. The van der Waals surface area contributed by atoms with Crippen molar-refractivity contribution in [2.75, 3.05) is 0 Å². The number of allylic oxidation sites excluding steroid dienone is 1. The van der Waals surface area contributed by atoms with Crippen LogP contribution in [0.4, 0.5) is 0 Å². The standard InChI is InChI=1S/C12H15ClOS/c1-2-9-3-6-12(14,7-4-9)11-10(13)5-8-15-11/h3,5-6,8-9,14H,2,4,7H2,1H3. The molecule has 0 fully saturated rings. The Labute approximate surface area is 99.4 Å². The van der Waals surface area contributed by atoms with Gasteiger partial charge in [0.2, 0.25) is 0 Å². The van der Waals surface area contributed by atoms with Gasteiger partial charge in [0.15, 0.2) is 0 Å². The van der Waals surface area contributed by atoms with Crippen LogP contribution in [-0.2, 0) is 5.60 Å². The van der Waals surface area contributed by atoms with Crippen LogP contribution in [0.1, 0.15) is 31.1 Å². The molecule has 0 spiro atoms. The lowest BCUT2D eigenvalue weighted by Gasteiger charge is -2.30. The number of aliphatic hydroxyl groups is 1. The normalized spacial score (nSPS) is 30.7. The third-order valence-corrected chi connectivity index (χ3v) is 4.58. The molecular weight excluding hydrogens is 228 g/mol. The summed E-state index contributed by atoms with van der Waals surface area (Å²) in [5, 5.41) is 13.1. The highest BCUT2D eigenvalue weighted by atomic mass is 35.5. The van der Waals surface area contributed by atoms with Gasteiger partial charge in [-0.25, -0.2) is 0 Å². The second kappa shape index (κ2) is 4.28. The monoisotopic (exact) mass is 242 g/mol. The summed E-state index contributed by atoms with van der Waals surface area (Å²) < 4.78 is 0. The van der Waals surface area contributed by atoms with Gasteiger partial charge in [0.05, 0.1) is 9.90 Å². The summed E-state index contributed by atoms with van der Waals surface area (Å²) in [4.78, 5) is 0.884. The fourth-order valence-corrected chi connectivity index (χ4v) is 3.34. The molecule has 0 bridgehead atoms. The van der Waals surface area contributed by atoms with Crippen molar-refractivity contribution in [3.8, 4) is 0 Å². The van der Waals surface area contributed by atoms with Crippen LogP contribution in [0.25, 0.3) is 0 Å². The molecule has 1 aliphatic rings. The SMILES string of the molecule is CCC1C=CC(O)(c2sccc2Cl)CC1. The topological polar surface area (TPSA) is 20.2 Å². The number of thiophene rings is 1. The van der Waals surface area contributed by atoms with Crippen molar-refractivity contribution in [2.24, 2.45) is 5.92 Å². The Morgan fingerprint density at radius 3 is 2.93 bits per heavy atom. The second-order valence-electron chi connectivity index (χ2n) is 4.09. The average molecular weight is 243 g/mol. The van der Waals surface area contributed by atoms with Gasteiger partial charge in [-0.1, -0.05) is 30.7 Å². The van der Waals surface area contributed by atoms with Crippen LogP contribution in [0, 0.1) is 5.92 Å². The van der Waals surface area contributed by atoms with E-state index in [2.05, 4.69) is 13.0 Å². The van der Waals surface area contributed by atoms with Gasteiger partial charge < -0.3 is 5.11 Å². The first kappa shape index (κ1) is 11.2. The molecule has 2 atom stereocenters. The Morgan fingerprint density at radius 1 is 1.67 bits per heavy atom. The first-order chi connectivity index (χ1) is 7.15. The third kappa shape index (κ3) is 2.12. The van der Waals surface area contributed by atoms with Crippen LogP contribution in [0.3, 0.4) is 0 Å². The van der Waals surface area contributed by atoms with Gasteiger partial charge in [-0.3, -0.25) is 0 Å². The summed E-state index contributed by atoms with van der Waals surface area (Å²) in [6, 6.07) is 1.85. The lowest BCUT2D eigenvalue weighted by atomic mass is 9.83. The maximum Gasteiger partial charge on any atom is 0.118 e. The lowest BCUT2D eigenvalue weighted by Crippen LogP contribution is -2.26. The van der Waals surface area contributed by atoms with Crippen molar-refractivity contribution in [1.82, 2.24) is 0 Å². The molecule has 0 amide bonds. The van der Waals surface area contributed by atoms with Crippen molar-refractivity contribution in [1.29, 1.82) is 0 Å². The highest BCUT2D eigenvalue weighted by molar-refractivity contribution is 7.10. The molecule has 0 saturated heterocycles. The molecular formula is C12H15ClOS. The van der Waals surface area contributed by atoms with E-state index in [4.69, 9.17) is 11.6 Å². The van der Waals surface area contributed by atoms with Gasteiger partial charge in [0.25, 0.3) is 0 Å². The molecule has 1 N–H and O–H groups in total. The Kier molecular flexibility index (Phi) is 3.19. The van der Waals surface area contributed by atoms with E-state index in [9.17, 15) is 5.11 Å².